The minimum atomic E-state index is -0.806. The Hall–Kier alpha value is -4.09. The number of aromatic hydroxyl groups is 1. The van der Waals surface area contributed by atoms with Crippen LogP contribution in [0.3, 0.4) is 0 Å². The fourth-order valence-electron chi connectivity index (χ4n) is 6.16. The van der Waals surface area contributed by atoms with E-state index in [1.807, 2.05) is 36.4 Å². The molecule has 3 aromatic carbocycles. The van der Waals surface area contributed by atoms with Gasteiger partial charge in [-0.15, -0.1) is 0 Å². The summed E-state index contributed by atoms with van der Waals surface area (Å²) < 4.78 is 0.918. The van der Waals surface area contributed by atoms with E-state index < -0.39 is 12.2 Å². The van der Waals surface area contributed by atoms with Crippen molar-refractivity contribution in [3.05, 3.63) is 93.5 Å². The van der Waals surface area contributed by atoms with E-state index in [0.717, 1.165) is 39.8 Å². The highest BCUT2D eigenvalue weighted by atomic mass is 79.9. The lowest BCUT2D eigenvalue weighted by molar-refractivity contribution is -0.187. The average Bonchev–Trinajstić information content (AvgIpc) is 3.45. The molecule has 3 aliphatic rings. The first-order valence-electron chi connectivity index (χ1n) is 14.0. The van der Waals surface area contributed by atoms with E-state index >= 15 is 0 Å². The Bertz CT molecular complexity index is 1520. The van der Waals surface area contributed by atoms with Crippen molar-refractivity contribution in [2.45, 2.75) is 38.1 Å². The van der Waals surface area contributed by atoms with E-state index in [2.05, 4.69) is 32.6 Å². The predicted octanol–water partition coefficient (Wildman–Crippen LogP) is 3.30. The maximum Gasteiger partial charge on any atom is 0.334 e. The van der Waals surface area contributed by atoms with Crippen molar-refractivity contribution in [3.8, 4) is 5.75 Å². The molecule has 42 heavy (non-hydrogen) atoms. The zero-order valence-corrected chi connectivity index (χ0v) is 24.9. The van der Waals surface area contributed by atoms with Crippen LogP contribution >= 0.6 is 15.9 Å². The van der Waals surface area contributed by atoms with E-state index in [0.29, 0.717) is 13.1 Å². The molecule has 218 valence electrons. The third-order valence-corrected chi connectivity index (χ3v) is 8.63. The Kier molecular flexibility index (Phi) is 7.78. The molecule has 0 spiro atoms. The van der Waals surface area contributed by atoms with E-state index in [9.17, 15) is 19.5 Å². The van der Waals surface area contributed by atoms with Gasteiger partial charge in [0.2, 0.25) is 11.8 Å². The number of rotatable bonds is 6. The lowest BCUT2D eigenvalue weighted by Gasteiger charge is -2.54. The van der Waals surface area contributed by atoms with Crippen LogP contribution in [0.4, 0.5) is 10.5 Å². The van der Waals surface area contributed by atoms with Gasteiger partial charge in [-0.2, -0.15) is 0 Å². The number of hydrogen-bond acceptors (Lipinski definition) is 6. The number of carbonyl (C=O) groups excluding carboxylic acids is 3. The Labute approximate surface area is 253 Å². The van der Waals surface area contributed by atoms with E-state index in [4.69, 9.17) is 0 Å². The number of para-hydroxylation sites is 1. The minimum absolute atomic E-state index is 0.0315. The molecule has 11 heteroatoms. The van der Waals surface area contributed by atoms with Crippen molar-refractivity contribution < 1.29 is 19.5 Å². The SMILES string of the molecule is CN1CC(=O)N2C(CN(Cc3cccc4c3NCC4)C(=O)[C@@H]2Cc2ccc(O)cc2)N1C(=O)NCc1cccc(Br)c1. The number of nitrogens with one attached hydrogen (secondary N) is 2. The molecule has 4 amide bonds. The molecule has 3 aliphatic heterocycles. The van der Waals surface area contributed by atoms with Crippen LogP contribution in [-0.4, -0.2) is 81.7 Å². The number of carbonyl (C=O) groups is 3. The van der Waals surface area contributed by atoms with Crippen molar-refractivity contribution in [2.24, 2.45) is 0 Å². The maximum absolute atomic E-state index is 14.1. The second kappa shape index (κ2) is 11.7. The molecule has 2 fully saturated rings. The number of hydrazine groups is 1. The Morgan fingerprint density at radius 3 is 2.64 bits per heavy atom. The normalized spacial score (nSPS) is 20.3. The third kappa shape index (κ3) is 5.54. The molecular formula is C31H33BrN6O4. The number of fused-ring (bicyclic) bond motifs is 2. The molecule has 0 radical (unpaired) electrons. The summed E-state index contributed by atoms with van der Waals surface area (Å²) in [4.78, 5) is 44.7. The summed E-state index contributed by atoms with van der Waals surface area (Å²) in [5.74, 6) is -0.248. The summed E-state index contributed by atoms with van der Waals surface area (Å²) >= 11 is 3.47. The van der Waals surface area contributed by atoms with Crippen molar-refractivity contribution in [1.82, 2.24) is 25.1 Å². The minimum Gasteiger partial charge on any atom is -0.508 e. The van der Waals surface area contributed by atoms with Crippen LogP contribution in [0.2, 0.25) is 0 Å². The number of piperazine rings is 1. The van der Waals surface area contributed by atoms with Gasteiger partial charge >= 0.3 is 6.03 Å². The number of benzene rings is 3. The number of urea groups is 1. The van der Waals surface area contributed by atoms with Crippen LogP contribution in [0.1, 0.15) is 22.3 Å². The van der Waals surface area contributed by atoms with E-state index in [1.165, 1.54) is 5.56 Å². The van der Waals surface area contributed by atoms with Gasteiger partial charge in [0.25, 0.3) is 0 Å². The van der Waals surface area contributed by atoms with Gasteiger partial charge in [0.1, 0.15) is 18.0 Å². The molecule has 2 atom stereocenters. The number of halogens is 1. The molecule has 10 nitrogen and oxygen atoms in total. The summed E-state index contributed by atoms with van der Waals surface area (Å²) in [5.41, 5.74) is 5.03. The largest absolute Gasteiger partial charge is 0.508 e. The standard InChI is InChI=1S/C31H33BrN6O4/c1-35-19-28(40)37-26(15-20-8-10-25(39)11-9-20)30(41)36(17-23-6-3-5-22-12-13-33-29(22)23)18-27(37)38(35)31(42)34-16-21-4-2-7-24(32)14-21/h2-11,14,26-27,33,39H,12-13,15-19H2,1H3,(H,34,42)/t26-,27?/m0/s1. The molecular weight excluding hydrogens is 600 g/mol. The first-order chi connectivity index (χ1) is 20.3. The van der Waals surface area contributed by atoms with Gasteiger partial charge in [-0.25, -0.2) is 14.8 Å². The van der Waals surface area contributed by atoms with Crippen molar-refractivity contribution in [3.63, 3.8) is 0 Å². The van der Waals surface area contributed by atoms with Crippen LogP contribution in [0, 0.1) is 0 Å². The van der Waals surface area contributed by atoms with Crippen LogP contribution in [0.25, 0.3) is 0 Å². The van der Waals surface area contributed by atoms with Gasteiger partial charge in [-0.1, -0.05) is 58.4 Å². The van der Waals surface area contributed by atoms with Gasteiger partial charge in [0.05, 0.1) is 13.1 Å². The van der Waals surface area contributed by atoms with Crippen LogP contribution in [0.5, 0.6) is 5.75 Å². The first-order valence-corrected chi connectivity index (χ1v) is 14.8. The van der Waals surface area contributed by atoms with Crippen molar-refractivity contribution in [1.29, 1.82) is 0 Å². The molecule has 3 aromatic rings. The average molecular weight is 634 g/mol. The zero-order chi connectivity index (χ0) is 29.4. The highest BCUT2D eigenvalue weighted by Gasteiger charge is 2.50. The Balaban J connectivity index is 1.32. The van der Waals surface area contributed by atoms with Gasteiger partial charge in [0, 0.05) is 43.3 Å². The molecule has 3 heterocycles. The Morgan fingerprint density at radius 2 is 1.86 bits per heavy atom. The summed E-state index contributed by atoms with van der Waals surface area (Å²) in [6, 6.07) is 19.3. The summed E-state index contributed by atoms with van der Waals surface area (Å²) in [5, 5.41) is 19.4. The van der Waals surface area contributed by atoms with Crippen LogP contribution in [-0.2, 0) is 35.5 Å². The quantitative estimate of drug-likeness (QED) is 0.385. The highest BCUT2D eigenvalue weighted by Crippen LogP contribution is 2.32. The second-order valence-electron chi connectivity index (χ2n) is 11.0. The summed E-state index contributed by atoms with van der Waals surface area (Å²) in [7, 11) is 1.72. The second-order valence-corrected chi connectivity index (χ2v) is 11.9. The maximum atomic E-state index is 14.1. The van der Waals surface area contributed by atoms with Crippen LogP contribution in [0.15, 0.2) is 71.2 Å². The molecule has 0 aromatic heterocycles. The van der Waals surface area contributed by atoms with Gasteiger partial charge in [-0.3, -0.25) is 9.59 Å². The lowest BCUT2D eigenvalue weighted by Crippen LogP contribution is -2.76. The van der Waals surface area contributed by atoms with Crippen molar-refractivity contribution >= 4 is 39.5 Å². The molecule has 2 saturated heterocycles. The number of likely N-dealkylation sites (N-methyl/N-ethyl adjacent to an activating group) is 1. The third-order valence-electron chi connectivity index (χ3n) is 8.14. The van der Waals surface area contributed by atoms with Gasteiger partial charge in [-0.05, 0) is 52.9 Å². The molecule has 6 rings (SSSR count). The number of anilines is 1. The monoisotopic (exact) mass is 632 g/mol. The van der Waals surface area contributed by atoms with Gasteiger partial charge in [0.15, 0.2) is 0 Å². The van der Waals surface area contributed by atoms with Crippen molar-refractivity contribution in [2.75, 3.05) is 32.0 Å². The fraction of sp³-hybridized carbons (Fsp3) is 0.323. The van der Waals surface area contributed by atoms with E-state index in [1.54, 1.807) is 51.1 Å². The number of amides is 4. The molecule has 0 aliphatic carbocycles. The topological polar surface area (TPSA) is 108 Å². The molecule has 0 bridgehead atoms. The number of hydrogen-bond donors (Lipinski definition) is 3. The number of phenolic OH excluding ortho intramolecular Hbond substituents is 1. The molecule has 3 N–H and O–H groups in total. The van der Waals surface area contributed by atoms with Crippen LogP contribution < -0.4 is 10.6 Å². The summed E-state index contributed by atoms with van der Waals surface area (Å²) in [6.07, 6.45) is 0.505. The zero-order valence-electron chi connectivity index (χ0n) is 23.3. The lowest BCUT2D eigenvalue weighted by atomic mass is 9.98. The fourth-order valence-corrected chi connectivity index (χ4v) is 6.60. The predicted molar refractivity (Wildman–Crippen MR) is 161 cm³/mol. The van der Waals surface area contributed by atoms with E-state index in [-0.39, 0.29) is 43.1 Å². The molecule has 1 unspecified atom stereocenters. The highest BCUT2D eigenvalue weighted by molar-refractivity contribution is 9.10. The first kappa shape index (κ1) is 28.0. The number of phenols is 1. The summed E-state index contributed by atoms with van der Waals surface area (Å²) in [6.45, 7) is 1.66. The smallest absolute Gasteiger partial charge is 0.334 e. The molecule has 0 saturated carbocycles. The van der Waals surface area contributed by atoms with Gasteiger partial charge < -0.3 is 25.5 Å². The number of nitrogens with zero attached hydrogens (tertiary/aromatic N) is 4. The Morgan fingerprint density at radius 1 is 1.07 bits per heavy atom.